The number of fused-ring (bicyclic) bond motifs is 1. The second-order valence-corrected chi connectivity index (χ2v) is 8.09. The van der Waals surface area contributed by atoms with E-state index in [2.05, 4.69) is 25.1 Å². The molecule has 0 radical (unpaired) electrons. The summed E-state index contributed by atoms with van der Waals surface area (Å²) in [7, 11) is -5.97. The topological polar surface area (TPSA) is 76.6 Å². The average Bonchev–Trinajstić information content (AvgIpc) is 2.64. The van der Waals surface area contributed by atoms with Crippen molar-refractivity contribution in [3.8, 4) is 5.88 Å². The molecule has 0 saturated heterocycles. The Labute approximate surface area is 157 Å². The minimum absolute atomic E-state index is 0.0375. The van der Waals surface area contributed by atoms with Crippen LogP contribution in [-0.2, 0) is 21.3 Å². The van der Waals surface area contributed by atoms with Gasteiger partial charge in [-0.15, -0.1) is 0 Å². The molecule has 0 aromatic carbocycles. The van der Waals surface area contributed by atoms with Gasteiger partial charge in [0.1, 0.15) is 0 Å². The average molecular weight is 485 g/mol. The lowest BCUT2D eigenvalue weighted by molar-refractivity contribution is -0.185. The second-order valence-electron chi connectivity index (χ2n) is 5.69. The van der Waals surface area contributed by atoms with Crippen molar-refractivity contribution in [3.05, 3.63) is 21.8 Å². The molecule has 0 N–H and O–H groups in total. The van der Waals surface area contributed by atoms with Crippen LogP contribution in [0.25, 0.3) is 0 Å². The summed E-state index contributed by atoms with van der Waals surface area (Å²) in [4.78, 5) is 15.7. The first-order valence-corrected chi connectivity index (χ1v) is 9.39. The van der Waals surface area contributed by atoms with Gasteiger partial charge >= 0.3 is 27.7 Å². The number of aromatic nitrogens is 1. The zero-order valence-corrected chi connectivity index (χ0v) is 15.8. The fourth-order valence-corrected chi connectivity index (χ4v) is 3.44. The predicted octanol–water partition coefficient (Wildman–Crippen LogP) is 3.12. The molecule has 0 fully saturated rings. The molecule has 2 heterocycles. The summed E-state index contributed by atoms with van der Waals surface area (Å²) in [6, 6.07) is 1.22. The minimum atomic E-state index is -5.97. The molecular weight excluding hydrogens is 474 g/mol. The van der Waals surface area contributed by atoms with E-state index in [1.807, 2.05) is 0 Å². The summed E-state index contributed by atoms with van der Waals surface area (Å²) in [6.45, 7) is 0.818. The van der Waals surface area contributed by atoms with Crippen molar-refractivity contribution < 1.29 is 43.7 Å². The third-order valence-corrected chi connectivity index (χ3v) is 5.21. The number of pyridine rings is 1. The zero-order valence-electron chi connectivity index (χ0n) is 13.4. The normalized spacial score (nSPS) is 18.7. The fourth-order valence-electron chi connectivity index (χ4n) is 2.48. The SMILES string of the molecule is CC1CN(C(=O)C(F)(F)F)CCc2nc(OS(=O)(=O)C(F)(F)F)c(Br)cc21. The van der Waals surface area contributed by atoms with E-state index < -0.39 is 46.1 Å². The van der Waals surface area contributed by atoms with Crippen LogP contribution >= 0.6 is 15.9 Å². The van der Waals surface area contributed by atoms with Crippen LogP contribution in [0.2, 0.25) is 0 Å². The molecule has 0 aliphatic carbocycles. The lowest BCUT2D eigenvalue weighted by Crippen LogP contribution is -2.42. The van der Waals surface area contributed by atoms with Crippen LogP contribution in [0.5, 0.6) is 5.88 Å². The maximum atomic E-state index is 12.6. The largest absolute Gasteiger partial charge is 0.534 e. The van der Waals surface area contributed by atoms with Crippen molar-refractivity contribution in [2.24, 2.45) is 0 Å². The highest BCUT2D eigenvalue weighted by Crippen LogP contribution is 2.35. The summed E-state index contributed by atoms with van der Waals surface area (Å²) in [6.07, 6.45) is -5.30. The number of rotatable bonds is 2. The van der Waals surface area contributed by atoms with Gasteiger partial charge in [0.15, 0.2) is 0 Å². The van der Waals surface area contributed by atoms with Crippen LogP contribution in [0.4, 0.5) is 26.3 Å². The third-order valence-electron chi connectivity index (χ3n) is 3.70. The summed E-state index contributed by atoms with van der Waals surface area (Å²) in [5.41, 5.74) is -5.28. The van der Waals surface area contributed by atoms with Crippen molar-refractivity contribution in [1.29, 1.82) is 0 Å². The Morgan fingerprint density at radius 3 is 2.41 bits per heavy atom. The molecule has 0 saturated carbocycles. The maximum absolute atomic E-state index is 12.6. The van der Waals surface area contributed by atoms with Crippen LogP contribution in [0.15, 0.2) is 10.5 Å². The molecule has 152 valence electrons. The van der Waals surface area contributed by atoms with Gasteiger partial charge in [0, 0.05) is 31.1 Å². The van der Waals surface area contributed by atoms with Gasteiger partial charge < -0.3 is 9.08 Å². The quantitative estimate of drug-likeness (QED) is 0.366. The molecular formula is C13H11BrF6N2O4S. The smallest absolute Gasteiger partial charge is 0.354 e. The Hall–Kier alpha value is -1.57. The van der Waals surface area contributed by atoms with Gasteiger partial charge in [0.25, 0.3) is 0 Å². The van der Waals surface area contributed by atoms with Crippen LogP contribution in [-0.4, -0.2) is 49.0 Å². The summed E-state index contributed by atoms with van der Waals surface area (Å²) < 4.78 is 101. The van der Waals surface area contributed by atoms with Gasteiger partial charge in [0.05, 0.1) is 4.47 Å². The highest BCUT2D eigenvalue weighted by Gasteiger charge is 2.49. The van der Waals surface area contributed by atoms with Crippen LogP contribution < -0.4 is 4.18 Å². The van der Waals surface area contributed by atoms with Crippen molar-refractivity contribution in [3.63, 3.8) is 0 Å². The molecule has 1 aromatic heterocycles. The van der Waals surface area contributed by atoms with E-state index in [0.29, 0.717) is 10.5 Å². The number of amides is 1. The molecule has 1 aromatic rings. The Kier molecular flexibility index (Phi) is 5.72. The maximum Gasteiger partial charge on any atom is 0.534 e. The van der Waals surface area contributed by atoms with Crippen molar-refractivity contribution in [2.45, 2.75) is 30.9 Å². The highest BCUT2D eigenvalue weighted by atomic mass is 79.9. The number of carbonyl (C=O) groups is 1. The molecule has 0 bridgehead atoms. The lowest BCUT2D eigenvalue weighted by atomic mass is 9.99. The highest BCUT2D eigenvalue weighted by molar-refractivity contribution is 9.10. The van der Waals surface area contributed by atoms with Crippen molar-refractivity contribution in [1.82, 2.24) is 9.88 Å². The van der Waals surface area contributed by atoms with Gasteiger partial charge in [-0.1, -0.05) is 6.92 Å². The van der Waals surface area contributed by atoms with Crippen LogP contribution in [0, 0.1) is 0 Å². The van der Waals surface area contributed by atoms with Crippen LogP contribution in [0.3, 0.4) is 0 Å². The molecule has 6 nitrogen and oxygen atoms in total. The molecule has 14 heteroatoms. The van der Waals surface area contributed by atoms with Gasteiger partial charge in [-0.2, -0.15) is 34.8 Å². The number of hydrogen-bond acceptors (Lipinski definition) is 5. The minimum Gasteiger partial charge on any atom is -0.354 e. The number of hydrogen-bond donors (Lipinski definition) is 0. The lowest BCUT2D eigenvalue weighted by Gasteiger charge is -2.23. The standard InChI is InChI=1S/C13H11BrF6N2O4S/c1-6-5-22(11(23)12(15,16)17)3-2-9-7(6)4-8(14)10(21-9)26-27(24,25)13(18,19)20/h4,6H,2-3,5H2,1H3. The molecule has 1 atom stereocenters. The van der Waals surface area contributed by atoms with E-state index in [1.54, 1.807) is 0 Å². The van der Waals surface area contributed by atoms with E-state index in [-0.39, 0.29) is 23.1 Å². The first kappa shape index (κ1) is 21.7. The molecule has 1 aliphatic rings. The fraction of sp³-hybridized carbons (Fsp3) is 0.538. The van der Waals surface area contributed by atoms with E-state index in [1.165, 1.54) is 13.0 Å². The van der Waals surface area contributed by atoms with Gasteiger partial charge in [-0.3, -0.25) is 4.79 Å². The number of nitrogens with zero attached hydrogens (tertiary/aromatic N) is 2. The van der Waals surface area contributed by atoms with Gasteiger partial charge in [-0.05, 0) is 27.6 Å². The zero-order chi connectivity index (χ0) is 20.8. The molecule has 1 aliphatic heterocycles. The molecule has 2 rings (SSSR count). The summed E-state index contributed by atoms with van der Waals surface area (Å²) in [5.74, 6) is -3.57. The molecule has 1 unspecified atom stereocenters. The van der Waals surface area contributed by atoms with Crippen molar-refractivity contribution in [2.75, 3.05) is 13.1 Å². The number of carbonyl (C=O) groups excluding carboxylic acids is 1. The third kappa shape index (κ3) is 4.65. The second kappa shape index (κ2) is 7.11. The van der Waals surface area contributed by atoms with Gasteiger partial charge in [-0.25, -0.2) is 4.98 Å². The predicted molar refractivity (Wildman–Crippen MR) is 82.3 cm³/mol. The van der Waals surface area contributed by atoms with E-state index in [4.69, 9.17) is 0 Å². The van der Waals surface area contributed by atoms with E-state index in [9.17, 15) is 39.6 Å². The monoisotopic (exact) mass is 484 g/mol. The summed E-state index contributed by atoms with van der Waals surface area (Å²) >= 11 is 2.84. The Balaban J connectivity index is 2.36. The number of alkyl halides is 6. The first-order valence-electron chi connectivity index (χ1n) is 7.19. The summed E-state index contributed by atoms with van der Waals surface area (Å²) in [5, 5.41) is 0. The Morgan fingerprint density at radius 1 is 1.30 bits per heavy atom. The molecule has 0 spiro atoms. The first-order chi connectivity index (χ1) is 12.1. The number of halogens is 7. The van der Waals surface area contributed by atoms with Gasteiger partial charge in [0.2, 0.25) is 5.88 Å². The Morgan fingerprint density at radius 2 is 1.89 bits per heavy atom. The molecule has 27 heavy (non-hydrogen) atoms. The van der Waals surface area contributed by atoms with E-state index in [0.717, 1.165) is 0 Å². The van der Waals surface area contributed by atoms with Crippen LogP contribution in [0.1, 0.15) is 24.1 Å². The Bertz CT molecular complexity index is 856. The molecule has 1 amide bonds. The van der Waals surface area contributed by atoms with E-state index >= 15 is 0 Å². The van der Waals surface area contributed by atoms with Crippen molar-refractivity contribution >= 4 is 32.0 Å².